The summed E-state index contributed by atoms with van der Waals surface area (Å²) >= 11 is 1.15. The Morgan fingerprint density at radius 3 is 2.68 bits per heavy atom. The van der Waals surface area contributed by atoms with Gasteiger partial charge in [0.05, 0.1) is 13.3 Å². The molecule has 0 unspecified atom stereocenters. The van der Waals surface area contributed by atoms with E-state index >= 15 is 0 Å². The highest BCUT2D eigenvalue weighted by atomic mass is 32.1. The summed E-state index contributed by atoms with van der Waals surface area (Å²) in [5.74, 6) is -1.09. The van der Waals surface area contributed by atoms with E-state index in [1.807, 2.05) is 0 Å². The summed E-state index contributed by atoms with van der Waals surface area (Å²) in [7, 11) is 1.25. The van der Waals surface area contributed by atoms with Crippen molar-refractivity contribution in [3.63, 3.8) is 0 Å². The van der Waals surface area contributed by atoms with Gasteiger partial charge >= 0.3 is 5.97 Å². The second-order valence-corrected chi connectivity index (χ2v) is 5.79. The van der Waals surface area contributed by atoms with E-state index in [0.29, 0.717) is 16.1 Å². The van der Waals surface area contributed by atoms with E-state index in [4.69, 9.17) is 4.74 Å². The highest BCUT2D eigenvalue weighted by Gasteiger charge is 2.24. The molecule has 0 saturated heterocycles. The third kappa shape index (κ3) is 3.33. The predicted octanol–water partition coefficient (Wildman–Crippen LogP) is 2.95. The van der Waals surface area contributed by atoms with Gasteiger partial charge in [-0.2, -0.15) is 0 Å². The molecule has 0 saturated carbocycles. The van der Waals surface area contributed by atoms with Gasteiger partial charge in [0, 0.05) is 28.9 Å². The summed E-state index contributed by atoms with van der Waals surface area (Å²) in [5.41, 5.74) is 1.24. The summed E-state index contributed by atoms with van der Waals surface area (Å²) in [6.07, 6.45) is 4.18. The van der Waals surface area contributed by atoms with Gasteiger partial charge in [0.2, 0.25) is 0 Å². The molecular weight excluding hydrogens is 342 g/mol. The standard InChI is InChI=1S/C17H13N3O4S/c1-24-17(23)14-11(10-4-2-3-5-13(10)21)9-25-16(14)20-15(22)12-8-18-6-7-19-12/h2-9,21H,1H3,(H,20,22). The number of aromatic nitrogens is 2. The molecule has 2 aromatic heterocycles. The maximum absolute atomic E-state index is 12.3. The van der Waals surface area contributed by atoms with Gasteiger partial charge in [-0.1, -0.05) is 18.2 Å². The first-order chi connectivity index (χ1) is 12.1. The lowest BCUT2D eigenvalue weighted by Gasteiger charge is -2.08. The van der Waals surface area contributed by atoms with Gasteiger partial charge in [0.15, 0.2) is 0 Å². The molecule has 2 heterocycles. The zero-order chi connectivity index (χ0) is 17.8. The minimum Gasteiger partial charge on any atom is -0.507 e. The number of thiophene rings is 1. The van der Waals surface area contributed by atoms with Crippen LogP contribution < -0.4 is 5.32 Å². The molecule has 0 aliphatic carbocycles. The van der Waals surface area contributed by atoms with Crippen molar-refractivity contribution in [3.8, 4) is 16.9 Å². The summed E-state index contributed by atoms with van der Waals surface area (Å²) in [6.45, 7) is 0. The number of hydrogen-bond acceptors (Lipinski definition) is 7. The van der Waals surface area contributed by atoms with Gasteiger partial charge < -0.3 is 15.2 Å². The fourth-order valence-corrected chi connectivity index (χ4v) is 3.18. The lowest BCUT2D eigenvalue weighted by atomic mass is 10.0. The number of methoxy groups -OCH3 is 1. The van der Waals surface area contributed by atoms with Crippen LogP contribution in [0.5, 0.6) is 5.75 Å². The third-order valence-corrected chi connectivity index (χ3v) is 4.29. The van der Waals surface area contributed by atoms with E-state index in [1.165, 1.54) is 31.8 Å². The SMILES string of the molecule is COC(=O)c1c(-c2ccccc2O)csc1NC(=O)c1cnccn1. The Morgan fingerprint density at radius 1 is 1.20 bits per heavy atom. The number of para-hydroxylation sites is 1. The number of phenols is 1. The quantitative estimate of drug-likeness (QED) is 0.698. The minimum absolute atomic E-state index is 0.0252. The number of rotatable bonds is 4. The fraction of sp³-hybridized carbons (Fsp3) is 0.0588. The van der Waals surface area contributed by atoms with Gasteiger partial charge in [-0.25, -0.2) is 9.78 Å². The molecule has 0 aliphatic rings. The molecule has 3 aromatic rings. The Balaban J connectivity index is 2.02. The molecule has 7 nitrogen and oxygen atoms in total. The Hall–Kier alpha value is -3.26. The first kappa shape index (κ1) is 16.6. The second kappa shape index (κ2) is 7.10. The predicted molar refractivity (Wildman–Crippen MR) is 92.7 cm³/mol. The first-order valence-corrected chi connectivity index (χ1v) is 8.05. The molecule has 0 radical (unpaired) electrons. The zero-order valence-corrected chi connectivity index (χ0v) is 13.9. The molecule has 0 spiro atoms. The van der Waals surface area contributed by atoms with Crippen molar-refractivity contribution in [3.05, 3.63) is 59.5 Å². The normalized spacial score (nSPS) is 10.3. The number of nitrogens with one attached hydrogen (secondary N) is 1. The van der Waals surface area contributed by atoms with Crippen molar-refractivity contribution in [2.24, 2.45) is 0 Å². The number of anilines is 1. The third-order valence-electron chi connectivity index (χ3n) is 3.40. The highest BCUT2D eigenvalue weighted by molar-refractivity contribution is 7.15. The molecule has 0 atom stereocenters. The number of carbonyl (C=O) groups is 2. The molecule has 3 rings (SSSR count). The maximum Gasteiger partial charge on any atom is 0.341 e. The Labute approximate surface area is 147 Å². The number of hydrogen-bond donors (Lipinski definition) is 2. The van der Waals surface area contributed by atoms with Crippen LogP contribution in [-0.4, -0.2) is 34.1 Å². The van der Waals surface area contributed by atoms with Crippen molar-refractivity contribution in [2.75, 3.05) is 12.4 Å². The lowest BCUT2D eigenvalue weighted by Crippen LogP contribution is -2.15. The van der Waals surface area contributed by atoms with Crippen LogP contribution in [0, 0.1) is 0 Å². The Kier molecular flexibility index (Phi) is 4.71. The van der Waals surface area contributed by atoms with Crippen LogP contribution in [0.3, 0.4) is 0 Å². The van der Waals surface area contributed by atoms with E-state index in [1.54, 1.807) is 23.6 Å². The topological polar surface area (TPSA) is 101 Å². The number of amides is 1. The van der Waals surface area contributed by atoms with Gasteiger partial charge in [-0.3, -0.25) is 9.78 Å². The second-order valence-electron chi connectivity index (χ2n) is 4.91. The molecule has 1 amide bonds. The van der Waals surface area contributed by atoms with Crippen LogP contribution in [-0.2, 0) is 4.74 Å². The van der Waals surface area contributed by atoms with Crippen molar-refractivity contribution in [1.82, 2.24) is 9.97 Å². The number of esters is 1. The molecule has 2 N–H and O–H groups in total. The molecule has 1 aromatic carbocycles. The van der Waals surface area contributed by atoms with Crippen LogP contribution in [0.25, 0.3) is 11.1 Å². The van der Waals surface area contributed by atoms with Crippen molar-refractivity contribution in [1.29, 1.82) is 0 Å². The monoisotopic (exact) mass is 355 g/mol. The smallest absolute Gasteiger partial charge is 0.341 e. The number of phenolic OH excluding ortho intramolecular Hbond substituents is 1. The molecule has 0 bridgehead atoms. The zero-order valence-electron chi connectivity index (χ0n) is 13.1. The number of carbonyl (C=O) groups excluding carboxylic acids is 2. The molecule has 126 valence electrons. The van der Waals surface area contributed by atoms with Crippen LogP contribution in [0.15, 0.2) is 48.2 Å². The Bertz CT molecular complexity index is 925. The molecule has 25 heavy (non-hydrogen) atoms. The van der Waals surface area contributed by atoms with E-state index < -0.39 is 11.9 Å². The first-order valence-electron chi connectivity index (χ1n) is 7.17. The van der Waals surface area contributed by atoms with Gasteiger partial charge in [0.25, 0.3) is 5.91 Å². The van der Waals surface area contributed by atoms with Crippen LogP contribution in [0.1, 0.15) is 20.8 Å². The average molecular weight is 355 g/mol. The highest BCUT2D eigenvalue weighted by Crippen LogP contribution is 2.39. The summed E-state index contributed by atoms with van der Waals surface area (Å²) < 4.78 is 4.83. The molecule has 8 heteroatoms. The fourth-order valence-electron chi connectivity index (χ4n) is 2.24. The van der Waals surface area contributed by atoms with Gasteiger partial charge in [-0.15, -0.1) is 11.3 Å². The summed E-state index contributed by atoms with van der Waals surface area (Å²) in [4.78, 5) is 32.3. The van der Waals surface area contributed by atoms with Gasteiger partial charge in [-0.05, 0) is 6.07 Å². The molecule has 0 aliphatic heterocycles. The number of benzene rings is 1. The van der Waals surface area contributed by atoms with Crippen LogP contribution in [0.2, 0.25) is 0 Å². The van der Waals surface area contributed by atoms with Crippen LogP contribution in [0.4, 0.5) is 5.00 Å². The summed E-state index contributed by atoms with van der Waals surface area (Å²) in [5, 5.41) is 14.7. The summed E-state index contributed by atoms with van der Waals surface area (Å²) in [6, 6.07) is 6.62. The van der Waals surface area contributed by atoms with E-state index in [9.17, 15) is 14.7 Å². The number of ether oxygens (including phenoxy) is 1. The van der Waals surface area contributed by atoms with Crippen LogP contribution >= 0.6 is 11.3 Å². The van der Waals surface area contributed by atoms with Crippen molar-refractivity contribution in [2.45, 2.75) is 0 Å². The van der Waals surface area contributed by atoms with E-state index in [0.717, 1.165) is 11.3 Å². The number of aromatic hydroxyl groups is 1. The van der Waals surface area contributed by atoms with E-state index in [-0.39, 0.29) is 17.0 Å². The van der Waals surface area contributed by atoms with Crippen molar-refractivity contribution >= 4 is 28.2 Å². The maximum atomic E-state index is 12.3. The van der Waals surface area contributed by atoms with E-state index in [2.05, 4.69) is 15.3 Å². The average Bonchev–Trinajstić information content (AvgIpc) is 3.05. The number of nitrogens with zero attached hydrogens (tertiary/aromatic N) is 2. The largest absolute Gasteiger partial charge is 0.507 e. The molecule has 0 fully saturated rings. The minimum atomic E-state index is -0.617. The Morgan fingerprint density at radius 2 is 2.00 bits per heavy atom. The van der Waals surface area contributed by atoms with Crippen molar-refractivity contribution < 1.29 is 19.4 Å². The molecular formula is C17H13N3O4S. The van der Waals surface area contributed by atoms with Gasteiger partial charge in [0.1, 0.15) is 22.0 Å². The lowest BCUT2D eigenvalue weighted by molar-refractivity contribution is 0.0603.